The van der Waals surface area contributed by atoms with E-state index in [0.29, 0.717) is 13.0 Å². The number of anilines is 1. The van der Waals surface area contributed by atoms with Gasteiger partial charge in [0.2, 0.25) is 5.91 Å². The van der Waals surface area contributed by atoms with Crippen molar-refractivity contribution in [1.29, 1.82) is 0 Å². The van der Waals surface area contributed by atoms with Gasteiger partial charge < -0.3 is 10.6 Å². The zero-order valence-electron chi connectivity index (χ0n) is 8.99. The van der Waals surface area contributed by atoms with Crippen LogP contribution in [0.2, 0.25) is 0 Å². The molecular weight excluding hydrogens is 222 g/mol. The highest BCUT2D eigenvalue weighted by Crippen LogP contribution is 2.26. The molecule has 2 aromatic rings. The quantitative estimate of drug-likeness (QED) is 0.850. The lowest BCUT2D eigenvalue weighted by atomic mass is 10.2. The van der Waals surface area contributed by atoms with Crippen molar-refractivity contribution in [3.63, 3.8) is 0 Å². The van der Waals surface area contributed by atoms with Gasteiger partial charge in [-0.3, -0.25) is 4.79 Å². The number of aromatic nitrogens is 1. The van der Waals surface area contributed by atoms with Crippen LogP contribution in [0.5, 0.6) is 0 Å². The van der Waals surface area contributed by atoms with Gasteiger partial charge in [0.05, 0.1) is 5.52 Å². The molecule has 2 rings (SSSR count). The van der Waals surface area contributed by atoms with E-state index in [1.807, 2.05) is 24.3 Å². The van der Waals surface area contributed by atoms with Gasteiger partial charge in [-0.1, -0.05) is 12.1 Å². The number of amides is 1. The first-order chi connectivity index (χ1) is 7.81. The zero-order valence-corrected chi connectivity index (χ0v) is 9.80. The van der Waals surface area contributed by atoms with E-state index < -0.39 is 0 Å². The number of benzene rings is 1. The van der Waals surface area contributed by atoms with Crippen molar-refractivity contribution in [2.45, 2.75) is 6.42 Å². The summed E-state index contributed by atoms with van der Waals surface area (Å²) in [6, 6.07) is 7.97. The molecule has 0 aliphatic heterocycles. The topological polar surface area (TPSA) is 54.0 Å². The molecule has 5 heteroatoms. The normalized spacial score (nSPS) is 10.3. The van der Waals surface area contributed by atoms with Gasteiger partial charge in [-0.05, 0) is 23.7 Å². The predicted molar refractivity (Wildman–Crippen MR) is 66.8 cm³/mol. The van der Waals surface area contributed by atoms with Gasteiger partial charge in [-0.15, -0.1) is 0 Å². The molecule has 0 atom stereocenters. The first kappa shape index (κ1) is 10.9. The Morgan fingerprint density at radius 1 is 1.44 bits per heavy atom. The van der Waals surface area contributed by atoms with Gasteiger partial charge in [-0.25, -0.2) is 0 Å². The van der Waals surface area contributed by atoms with Crippen molar-refractivity contribution in [2.24, 2.45) is 0 Å². The number of hydrogen-bond acceptors (Lipinski definition) is 4. The molecule has 0 unspecified atom stereocenters. The predicted octanol–water partition coefficient (Wildman–Crippen LogP) is 1.84. The van der Waals surface area contributed by atoms with Crippen molar-refractivity contribution in [2.75, 3.05) is 18.9 Å². The fraction of sp³-hybridized carbons (Fsp3) is 0.273. The van der Waals surface area contributed by atoms with Crippen LogP contribution in [-0.2, 0) is 4.79 Å². The number of nitrogens with zero attached hydrogens (tertiary/aromatic N) is 1. The number of rotatable bonds is 4. The highest BCUT2D eigenvalue weighted by atomic mass is 32.1. The van der Waals surface area contributed by atoms with Crippen LogP contribution in [0.3, 0.4) is 0 Å². The summed E-state index contributed by atoms with van der Waals surface area (Å²) in [5, 5.41) is 7.96. The lowest BCUT2D eigenvalue weighted by Crippen LogP contribution is -2.20. The van der Waals surface area contributed by atoms with Crippen LogP contribution in [0.1, 0.15) is 6.42 Å². The minimum Gasteiger partial charge on any atom is -0.375 e. The van der Waals surface area contributed by atoms with Gasteiger partial charge in [-0.2, -0.15) is 4.37 Å². The number of fused-ring (bicyclic) bond motifs is 1. The second-order valence-electron chi connectivity index (χ2n) is 3.38. The maximum atomic E-state index is 11.0. The summed E-state index contributed by atoms with van der Waals surface area (Å²) in [4.78, 5) is 11.0. The molecule has 84 valence electrons. The minimum absolute atomic E-state index is 0.0429. The fourth-order valence-electron chi connectivity index (χ4n) is 1.43. The van der Waals surface area contributed by atoms with Crippen LogP contribution in [0, 0.1) is 0 Å². The second kappa shape index (κ2) is 4.94. The van der Waals surface area contributed by atoms with E-state index >= 15 is 0 Å². The van der Waals surface area contributed by atoms with E-state index in [1.54, 1.807) is 7.05 Å². The van der Waals surface area contributed by atoms with E-state index in [1.165, 1.54) is 11.5 Å². The lowest BCUT2D eigenvalue weighted by molar-refractivity contribution is -0.120. The molecule has 0 fully saturated rings. The molecule has 0 saturated carbocycles. The number of nitrogens with one attached hydrogen (secondary N) is 2. The SMILES string of the molecule is CNC(=O)CCNc1snc2ccccc12. The molecule has 1 aromatic heterocycles. The van der Waals surface area contributed by atoms with Crippen LogP contribution in [0.25, 0.3) is 10.9 Å². The Balaban J connectivity index is 2.02. The summed E-state index contributed by atoms with van der Waals surface area (Å²) in [6.07, 6.45) is 0.475. The first-order valence-corrected chi connectivity index (χ1v) is 5.87. The van der Waals surface area contributed by atoms with Crippen LogP contribution < -0.4 is 10.6 Å². The summed E-state index contributed by atoms with van der Waals surface area (Å²) < 4.78 is 4.32. The van der Waals surface area contributed by atoms with E-state index in [4.69, 9.17) is 0 Å². The van der Waals surface area contributed by atoms with Gasteiger partial charge in [0.15, 0.2) is 0 Å². The van der Waals surface area contributed by atoms with E-state index in [2.05, 4.69) is 15.0 Å². The van der Waals surface area contributed by atoms with E-state index in [-0.39, 0.29) is 5.91 Å². The van der Waals surface area contributed by atoms with E-state index in [9.17, 15) is 4.79 Å². The van der Waals surface area contributed by atoms with Crippen LogP contribution >= 0.6 is 11.5 Å². The van der Waals surface area contributed by atoms with Gasteiger partial charge >= 0.3 is 0 Å². The molecule has 0 aliphatic carbocycles. The molecule has 1 amide bonds. The van der Waals surface area contributed by atoms with Crippen molar-refractivity contribution in [3.05, 3.63) is 24.3 Å². The molecule has 0 bridgehead atoms. The smallest absolute Gasteiger partial charge is 0.221 e. The van der Waals surface area contributed by atoms with Gasteiger partial charge in [0.1, 0.15) is 5.00 Å². The first-order valence-electron chi connectivity index (χ1n) is 5.10. The molecule has 1 heterocycles. The maximum absolute atomic E-state index is 11.0. The lowest BCUT2D eigenvalue weighted by Gasteiger charge is -2.02. The summed E-state index contributed by atoms with van der Waals surface area (Å²) in [5.74, 6) is 0.0429. The number of hydrogen-bond donors (Lipinski definition) is 2. The molecule has 2 N–H and O–H groups in total. The Morgan fingerprint density at radius 2 is 2.25 bits per heavy atom. The monoisotopic (exact) mass is 235 g/mol. The average Bonchev–Trinajstić information content (AvgIpc) is 2.73. The molecule has 0 spiro atoms. The molecular formula is C11H13N3OS. The number of carbonyl (C=O) groups excluding carboxylic acids is 1. The highest BCUT2D eigenvalue weighted by molar-refractivity contribution is 7.11. The summed E-state index contributed by atoms with van der Waals surface area (Å²) in [6.45, 7) is 0.631. The summed E-state index contributed by atoms with van der Waals surface area (Å²) in [7, 11) is 1.64. The standard InChI is InChI=1S/C11H13N3OS/c1-12-10(15)6-7-13-11-8-4-2-3-5-9(8)14-16-11/h2-5,13H,6-7H2,1H3,(H,12,15). The molecule has 0 radical (unpaired) electrons. The third kappa shape index (κ3) is 2.30. The van der Waals surface area contributed by atoms with Crippen LogP contribution in [0.15, 0.2) is 24.3 Å². The third-order valence-electron chi connectivity index (χ3n) is 2.30. The molecule has 0 aliphatic rings. The number of carbonyl (C=O) groups is 1. The largest absolute Gasteiger partial charge is 0.375 e. The van der Waals surface area contributed by atoms with Crippen LogP contribution in [-0.4, -0.2) is 23.9 Å². The van der Waals surface area contributed by atoms with Gasteiger partial charge in [0, 0.05) is 25.4 Å². The average molecular weight is 235 g/mol. The van der Waals surface area contributed by atoms with Gasteiger partial charge in [0.25, 0.3) is 0 Å². The summed E-state index contributed by atoms with van der Waals surface area (Å²) in [5.41, 5.74) is 0.995. The molecule has 0 saturated heterocycles. The Labute approximate surface area is 97.8 Å². The Morgan fingerprint density at radius 3 is 3.06 bits per heavy atom. The van der Waals surface area contributed by atoms with Crippen molar-refractivity contribution >= 4 is 33.3 Å². The van der Waals surface area contributed by atoms with Crippen molar-refractivity contribution < 1.29 is 4.79 Å². The van der Waals surface area contributed by atoms with Crippen LogP contribution in [0.4, 0.5) is 5.00 Å². The molecule has 1 aromatic carbocycles. The van der Waals surface area contributed by atoms with Crippen molar-refractivity contribution in [1.82, 2.24) is 9.69 Å². The fourth-order valence-corrected chi connectivity index (χ4v) is 2.22. The Hall–Kier alpha value is -1.62. The highest BCUT2D eigenvalue weighted by Gasteiger charge is 2.04. The Bertz CT molecular complexity index is 495. The Kier molecular flexibility index (Phi) is 3.36. The summed E-state index contributed by atoms with van der Waals surface area (Å²) >= 11 is 1.43. The van der Waals surface area contributed by atoms with Crippen molar-refractivity contribution in [3.8, 4) is 0 Å². The third-order valence-corrected chi connectivity index (χ3v) is 3.14. The zero-order chi connectivity index (χ0) is 11.4. The minimum atomic E-state index is 0.0429. The second-order valence-corrected chi connectivity index (χ2v) is 4.15. The molecule has 4 nitrogen and oxygen atoms in total. The molecule has 16 heavy (non-hydrogen) atoms. The van der Waals surface area contributed by atoms with E-state index in [0.717, 1.165) is 15.9 Å². The maximum Gasteiger partial charge on any atom is 0.221 e.